The van der Waals surface area contributed by atoms with Crippen LogP contribution in [0.25, 0.3) is 0 Å². The molecule has 1 rings (SSSR count). The van der Waals surface area contributed by atoms with Crippen molar-refractivity contribution in [2.45, 2.75) is 13.3 Å². The van der Waals surface area contributed by atoms with E-state index in [0.29, 0.717) is 0 Å². The Morgan fingerprint density at radius 1 is 1.44 bits per heavy atom. The molecule has 0 N–H and O–H groups in total. The van der Waals surface area contributed by atoms with Gasteiger partial charge in [-0.1, -0.05) is 45.8 Å². The van der Waals surface area contributed by atoms with E-state index in [4.69, 9.17) is 0 Å². The summed E-state index contributed by atoms with van der Waals surface area (Å²) >= 11 is 3.43. The predicted octanol–water partition coefficient (Wildman–Crippen LogP) is 3.17. The van der Waals surface area contributed by atoms with Gasteiger partial charge in [0.1, 0.15) is 0 Å². The van der Waals surface area contributed by atoms with Gasteiger partial charge in [-0.05, 0) is 17.8 Å². The number of halogens is 1. The van der Waals surface area contributed by atoms with Gasteiger partial charge >= 0.3 is 0 Å². The van der Waals surface area contributed by atoms with E-state index in [9.17, 15) is 0 Å². The lowest BCUT2D eigenvalue weighted by atomic mass is 10.3. The molecule has 0 bridgehead atoms. The molecule has 0 aromatic carbocycles. The Balaban J connectivity index is 2.80. The molecule has 0 spiro atoms. The van der Waals surface area contributed by atoms with Crippen molar-refractivity contribution in [1.82, 2.24) is 0 Å². The Morgan fingerprint density at radius 3 is 3.00 bits per heavy atom. The van der Waals surface area contributed by atoms with E-state index in [0.717, 1.165) is 6.42 Å². The summed E-state index contributed by atoms with van der Waals surface area (Å²) in [6.45, 7) is 2.10. The number of rotatable bonds is 0. The number of allylic oxidation sites excluding steroid dienone is 6. The fourth-order valence-corrected chi connectivity index (χ4v) is 1.02. The SMILES string of the molecule is CC1=CC=C(Br)CC=C1. The normalized spacial score (nSPS) is 18.4. The molecule has 0 nitrogen and oxygen atoms in total. The maximum absolute atomic E-state index is 3.43. The third-order valence-corrected chi connectivity index (χ3v) is 1.81. The van der Waals surface area contributed by atoms with E-state index >= 15 is 0 Å². The molecule has 0 radical (unpaired) electrons. The summed E-state index contributed by atoms with van der Waals surface area (Å²) in [6.07, 6.45) is 9.50. The van der Waals surface area contributed by atoms with Crippen LogP contribution in [0.15, 0.2) is 34.4 Å². The average molecular weight is 185 g/mol. The van der Waals surface area contributed by atoms with E-state index in [-0.39, 0.29) is 0 Å². The highest BCUT2D eigenvalue weighted by Crippen LogP contribution is 2.15. The van der Waals surface area contributed by atoms with E-state index in [1.54, 1.807) is 0 Å². The fraction of sp³-hybridized carbons (Fsp3) is 0.250. The minimum absolute atomic E-state index is 1.02. The van der Waals surface area contributed by atoms with E-state index in [2.05, 4.69) is 47.2 Å². The quantitative estimate of drug-likeness (QED) is 0.543. The van der Waals surface area contributed by atoms with Gasteiger partial charge in [-0.15, -0.1) is 0 Å². The van der Waals surface area contributed by atoms with Gasteiger partial charge in [0, 0.05) is 0 Å². The van der Waals surface area contributed by atoms with Gasteiger partial charge in [0.25, 0.3) is 0 Å². The van der Waals surface area contributed by atoms with Crippen molar-refractivity contribution in [3.8, 4) is 0 Å². The number of hydrogen-bond donors (Lipinski definition) is 0. The Morgan fingerprint density at radius 2 is 2.22 bits per heavy atom. The fourth-order valence-electron chi connectivity index (χ4n) is 0.703. The molecule has 0 atom stereocenters. The van der Waals surface area contributed by atoms with Crippen LogP contribution in [-0.2, 0) is 0 Å². The first-order chi connectivity index (χ1) is 4.29. The molecule has 0 unspecified atom stereocenters. The predicted molar refractivity (Wildman–Crippen MR) is 44.5 cm³/mol. The molecule has 48 valence electrons. The molecular weight excluding hydrogens is 176 g/mol. The first-order valence-corrected chi connectivity index (χ1v) is 3.78. The molecule has 0 aromatic heterocycles. The summed E-state index contributed by atoms with van der Waals surface area (Å²) in [5.41, 5.74) is 1.31. The summed E-state index contributed by atoms with van der Waals surface area (Å²) in [4.78, 5) is 0. The molecule has 1 heteroatoms. The molecule has 0 saturated heterocycles. The minimum Gasteiger partial charge on any atom is -0.0793 e. The summed E-state index contributed by atoms with van der Waals surface area (Å²) in [5.74, 6) is 0. The second kappa shape index (κ2) is 3.02. The Bertz CT molecular complexity index is 185. The van der Waals surface area contributed by atoms with Gasteiger partial charge in [-0.25, -0.2) is 0 Å². The lowest BCUT2D eigenvalue weighted by Gasteiger charge is -1.84. The molecule has 9 heavy (non-hydrogen) atoms. The van der Waals surface area contributed by atoms with Crippen LogP contribution in [0.5, 0.6) is 0 Å². The molecule has 0 heterocycles. The van der Waals surface area contributed by atoms with Gasteiger partial charge in [-0.3, -0.25) is 0 Å². The first kappa shape index (κ1) is 6.81. The van der Waals surface area contributed by atoms with Crippen LogP contribution < -0.4 is 0 Å². The summed E-state index contributed by atoms with van der Waals surface area (Å²) in [6, 6.07) is 0. The Labute approximate surface area is 64.1 Å². The molecule has 0 aromatic rings. The standard InChI is InChI=1S/C8H9Br/c1-7-3-2-4-8(9)6-5-7/h2-3,5-6H,4H2,1H3. The highest BCUT2D eigenvalue weighted by atomic mass is 79.9. The second-order valence-corrected chi connectivity index (χ2v) is 3.15. The molecule has 1 aliphatic rings. The zero-order valence-corrected chi connectivity index (χ0v) is 6.98. The van der Waals surface area contributed by atoms with Gasteiger partial charge < -0.3 is 0 Å². The smallest absolute Gasteiger partial charge is 0.00115 e. The number of hydrogen-bond acceptors (Lipinski definition) is 0. The van der Waals surface area contributed by atoms with Gasteiger partial charge in [0.2, 0.25) is 0 Å². The zero-order valence-electron chi connectivity index (χ0n) is 5.39. The van der Waals surface area contributed by atoms with Crippen molar-refractivity contribution in [3.63, 3.8) is 0 Å². The maximum atomic E-state index is 3.43. The third kappa shape index (κ3) is 2.19. The van der Waals surface area contributed by atoms with E-state index < -0.39 is 0 Å². The molecule has 0 saturated carbocycles. The molecule has 0 aliphatic heterocycles. The van der Waals surface area contributed by atoms with Crippen LogP contribution in [0.4, 0.5) is 0 Å². The lowest BCUT2D eigenvalue weighted by Crippen LogP contribution is -1.61. The van der Waals surface area contributed by atoms with Crippen LogP contribution in [0.2, 0.25) is 0 Å². The molecule has 0 fully saturated rings. The van der Waals surface area contributed by atoms with Crippen LogP contribution in [0, 0.1) is 0 Å². The van der Waals surface area contributed by atoms with E-state index in [1.165, 1.54) is 10.1 Å². The van der Waals surface area contributed by atoms with Crippen molar-refractivity contribution in [1.29, 1.82) is 0 Å². The van der Waals surface area contributed by atoms with Crippen LogP contribution in [0.1, 0.15) is 13.3 Å². The lowest BCUT2D eigenvalue weighted by molar-refractivity contribution is 1.37. The highest BCUT2D eigenvalue weighted by molar-refractivity contribution is 9.11. The van der Waals surface area contributed by atoms with Gasteiger partial charge in [0.15, 0.2) is 0 Å². The monoisotopic (exact) mass is 184 g/mol. The van der Waals surface area contributed by atoms with Crippen molar-refractivity contribution >= 4 is 15.9 Å². The zero-order chi connectivity index (χ0) is 6.69. The van der Waals surface area contributed by atoms with Crippen molar-refractivity contribution in [2.24, 2.45) is 0 Å². The summed E-state index contributed by atoms with van der Waals surface area (Å²) < 4.78 is 1.25. The molecule has 0 amide bonds. The van der Waals surface area contributed by atoms with Gasteiger partial charge in [-0.2, -0.15) is 0 Å². The van der Waals surface area contributed by atoms with Crippen molar-refractivity contribution in [2.75, 3.05) is 0 Å². The first-order valence-electron chi connectivity index (χ1n) is 2.98. The van der Waals surface area contributed by atoms with Crippen molar-refractivity contribution < 1.29 is 0 Å². The average Bonchev–Trinajstić information content (AvgIpc) is 1.97. The Hall–Kier alpha value is -0.300. The minimum atomic E-state index is 1.02. The van der Waals surface area contributed by atoms with Crippen LogP contribution >= 0.6 is 15.9 Å². The largest absolute Gasteiger partial charge is 0.0793 e. The third-order valence-electron chi connectivity index (χ3n) is 1.22. The topological polar surface area (TPSA) is 0 Å². The molecular formula is C8H9Br. The summed E-state index contributed by atoms with van der Waals surface area (Å²) in [7, 11) is 0. The van der Waals surface area contributed by atoms with Crippen LogP contribution in [0.3, 0.4) is 0 Å². The highest BCUT2D eigenvalue weighted by Gasteiger charge is 1.89. The molecule has 1 aliphatic carbocycles. The summed E-state index contributed by atoms with van der Waals surface area (Å²) in [5, 5.41) is 0. The Kier molecular flexibility index (Phi) is 2.29. The van der Waals surface area contributed by atoms with E-state index in [1.807, 2.05) is 0 Å². The van der Waals surface area contributed by atoms with Gasteiger partial charge in [0.05, 0.1) is 0 Å². The van der Waals surface area contributed by atoms with Crippen LogP contribution in [-0.4, -0.2) is 0 Å². The second-order valence-electron chi connectivity index (χ2n) is 2.13. The van der Waals surface area contributed by atoms with Crippen molar-refractivity contribution in [3.05, 3.63) is 34.4 Å². The maximum Gasteiger partial charge on any atom is -0.00115 e.